The van der Waals surface area contributed by atoms with E-state index < -0.39 is 0 Å². The third-order valence-corrected chi connectivity index (χ3v) is 2.51. The Bertz CT molecular complexity index is 578. The van der Waals surface area contributed by atoms with E-state index in [-0.39, 0.29) is 10.9 Å². The minimum atomic E-state index is -0.320. The molecule has 0 spiro atoms. The average molecular weight is 239 g/mol. The van der Waals surface area contributed by atoms with E-state index in [0.29, 0.717) is 22.5 Å². The van der Waals surface area contributed by atoms with E-state index in [0.717, 1.165) is 0 Å². The highest BCUT2D eigenvalue weighted by Gasteiger charge is 2.08. The summed E-state index contributed by atoms with van der Waals surface area (Å²) >= 11 is 5.88. The molecule has 0 saturated heterocycles. The van der Waals surface area contributed by atoms with Gasteiger partial charge in [-0.2, -0.15) is 0 Å². The molecular formula is C11H11ClN2O2. The number of aromatic nitrogens is 2. The van der Waals surface area contributed by atoms with Crippen molar-refractivity contribution in [2.24, 2.45) is 0 Å². The minimum absolute atomic E-state index is 0.202. The molecule has 0 aliphatic rings. The van der Waals surface area contributed by atoms with Crippen LogP contribution in [0.25, 0.3) is 10.9 Å². The summed E-state index contributed by atoms with van der Waals surface area (Å²) in [5, 5.41) is 0.180. The molecule has 16 heavy (non-hydrogen) atoms. The number of fused-ring (bicyclic) bond motifs is 1. The van der Waals surface area contributed by atoms with Gasteiger partial charge >= 0.3 is 0 Å². The van der Waals surface area contributed by atoms with Crippen molar-refractivity contribution in [1.82, 2.24) is 9.97 Å². The maximum Gasteiger partial charge on any atom is 0.258 e. The summed E-state index contributed by atoms with van der Waals surface area (Å²) in [5.74, 6) is 1.11. The van der Waals surface area contributed by atoms with E-state index in [1.54, 1.807) is 32.2 Å². The average Bonchev–Trinajstić information content (AvgIpc) is 2.28. The molecule has 1 heterocycles. The molecule has 5 heteroatoms. The molecule has 1 aromatic heterocycles. The predicted molar refractivity (Wildman–Crippen MR) is 63.2 cm³/mol. The number of aromatic amines is 1. The fourth-order valence-corrected chi connectivity index (χ4v) is 1.55. The number of rotatable bonds is 2. The third-order valence-electron chi connectivity index (χ3n) is 2.31. The second-order valence-electron chi connectivity index (χ2n) is 3.45. The van der Waals surface area contributed by atoms with Crippen molar-refractivity contribution in [2.75, 3.05) is 7.11 Å². The third kappa shape index (κ3) is 1.88. The number of nitrogens with one attached hydrogen (secondary N) is 1. The molecule has 0 fully saturated rings. The van der Waals surface area contributed by atoms with Crippen LogP contribution in [0.2, 0.25) is 0 Å². The topological polar surface area (TPSA) is 55.0 Å². The fourth-order valence-electron chi connectivity index (χ4n) is 1.45. The molecule has 0 radical (unpaired) electrons. The van der Waals surface area contributed by atoms with E-state index >= 15 is 0 Å². The van der Waals surface area contributed by atoms with Crippen LogP contribution >= 0.6 is 11.6 Å². The van der Waals surface area contributed by atoms with E-state index in [4.69, 9.17) is 16.3 Å². The van der Waals surface area contributed by atoms with Gasteiger partial charge in [-0.25, -0.2) is 4.98 Å². The number of hydrogen-bond donors (Lipinski definition) is 1. The first-order valence-corrected chi connectivity index (χ1v) is 5.27. The van der Waals surface area contributed by atoms with Gasteiger partial charge in [0, 0.05) is 0 Å². The molecule has 2 aromatic rings. The van der Waals surface area contributed by atoms with Gasteiger partial charge in [0.05, 0.1) is 23.4 Å². The lowest BCUT2D eigenvalue weighted by Crippen LogP contribution is -2.12. The lowest BCUT2D eigenvalue weighted by atomic mass is 10.2. The molecule has 1 N–H and O–H groups in total. The van der Waals surface area contributed by atoms with Crippen LogP contribution < -0.4 is 10.3 Å². The number of hydrogen-bond acceptors (Lipinski definition) is 3. The SMILES string of the molecule is COc1ccc2nc([C@H](C)Cl)[nH]c(=O)c2c1. The molecule has 0 bridgehead atoms. The van der Waals surface area contributed by atoms with Crippen LogP contribution in [-0.4, -0.2) is 17.1 Å². The van der Waals surface area contributed by atoms with Gasteiger partial charge in [-0.15, -0.1) is 11.6 Å². The lowest BCUT2D eigenvalue weighted by Gasteiger charge is -2.05. The van der Waals surface area contributed by atoms with Crippen LogP contribution in [0.4, 0.5) is 0 Å². The van der Waals surface area contributed by atoms with E-state index in [1.165, 1.54) is 0 Å². The smallest absolute Gasteiger partial charge is 0.258 e. The minimum Gasteiger partial charge on any atom is -0.497 e. The molecule has 1 aromatic carbocycles. The monoisotopic (exact) mass is 238 g/mol. The number of H-pyrrole nitrogens is 1. The van der Waals surface area contributed by atoms with Crippen molar-refractivity contribution in [1.29, 1.82) is 0 Å². The van der Waals surface area contributed by atoms with Crippen molar-refractivity contribution in [3.05, 3.63) is 34.4 Å². The standard InChI is InChI=1S/C11H11ClN2O2/c1-6(12)10-13-9-4-3-7(16-2)5-8(9)11(15)14-10/h3-6H,1-2H3,(H,13,14,15)/t6-/m0/s1. The summed E-state index contributed by atoms with van der Waals surface area (Å²) in [7, 11) is 1.55. The van der Waals surface area contributed by atoms with Crippen molar-refractivity contribution >= 4 is 22.5 Å². The van der Waals surface area contributed by atoms with Crippen molar-refractivity contribution < 1.29 is 4.74 Å². The Kier molecular flexibility index (Phi) is 2.83. The summed E-state index contributed by atoms with van der Waals surface area (Å²) in [6.45, 7) is 1.76. The maximum absolute atomic E-state index is 11.8. The zero-order valence-electron chi connectivity index (χ0n) is 8.95. The molecule has 0 unspecified atom stereocenters. The fraction of sp³-hybridized carbons (Fsp3) is 0.273. The number of halogens is 1. The first kappa shape index (κ1) is 11.0. The molecule has 1 atom stereocenters. The zero-order chi connectivity index (χ0) is 11.7. The van der Waals surface area contributed by atoms with Crippen LogP contribution in [0.15, 0.2) is 23.0 Å². The maximum atomic E-state index is 11.8. The van der Waals surface area contributed by atoms with Gasteiger partial charge in [0.1, 0.15) is 11.6 Å². The van der Waals surface area contributed by atoms with Crippen LogP contribution in [0, 0.1) is 0 Å². The molecule has 84 valence electrons. The highest BCUT2D eigenvalue weighted by molar-refractivity contribution is 6.20. The van der Waals surface area contributed by atoms with Gasteiger partial charge in [0.2, 0.25) is 0 Å². The van der Waals surface area contributed by atoms with Crippen LogP contribution in [-0.2, 0) is 0 Å². The molecule has 4 nitrogen and oxygen atoms in total. The summed E-state index contributed by atoms with van der Waals surface area (Å²) in [6.07, 6.45) is 0. The van der Waals surface area contributed by atoms with E-state index in [1.807, 2.05) is 0 Å². The van der Waals surface area contributed by atoms with Gasteiger partial charge in [0.15, 0.2) is 0 Å². The van der Waals surface area contributed by atoms with Gasteiger partial charge in [0.25, 0.3) is 5.56 Å². The van der Waals surface area contributed by atoms with Gasteiger partial charge in [-0.3, -0.25) is 4.79 Å². The number of nitrogens with zero attached hydrogens (tertiary/aromatic N) is 1. The molecule has 0 amide bonds. The zero-order valence-corrected chi connectivity index (χ0v) is 9.71. The molecular weight excluding hydrogens is 228 g/mol. The summed E-state index contributed by atoms with van der Waals surface area (Å²) < 4.78 is 5.05. The number of alkyl halides is 1. The predicted octanol–water partition coefficient (Wildman–Crippen LogP) is 2.23. The number of benzene rings is 1. The lowest BCUT2D eigenvalue weighted by molar-refractivity contribution is 0.415. The van der Waals surface area contributed by atoms with Crippen molar-refractivity contribution in [3.8, 4) is 5.75 Å². The van der Waals surface area contributed by atoms with E-state index in [2.05, 4.69) is 9.97 Å². The Labute approximate surface area is 97.2 Å². The molecule has 2 rings (SSSR count). The normalized spacial score (nSPS) is 12.7. The molecule has 0 aliphatic heterocycles. The van der Waals surface area contributed by atoms with Gasteiger partial charge in [-0.1, -0.05) is 0 Å². The van der Waals surface area contributed by atoms with E-state index in [9.17, 15) is 4.79 Å². The Hall–Kier alpha value is -1.55. The van der Waals surface area contributed by atoms with Crippen LogP contribution in [0.3, 0.4) is 0 Å². The van der Waals surface area contributed by atoms with Crippen molar-refractivity contribution in [2.45, 2.75) is 12.3 Å². The highest BCUT2D eigenvalue weighted by atomic mass is 35.5. The largest absolute Gasteiger partial charge is 0.497 e. The van der Waals surface area contributed by atoms with Gasteiger partial charge < -0.3 is 9.72 Å². The second-order valence-corrected chi connectivity index (χ2v) is 4.10. The van der Waals surface area contributed by atoms with Gasteiger partial charge in [-0.05, 0) is 25.1 Å². The Morgan fingerprint density at radius 3 is 2.88 bits per heavy atom. The Balaban J connectivity index is 2.71. The second kappa shape index (κ2) is 4.14. The quantitative estimate of drug-likeness (QED) is 0.817. The summed E-state index contributed by atoms with van der Waals surface area (Å²) in [6, 6.07) is 5.16. The van der Waals surface area contributed by atoms with Crippen LogP contribution in [0.1, 0.15) is 18.1 Å². The molecule has 0 saturated carbocycles. The van der Waals surface area contributed by atoms with Crippen molar-refractivity contribution in [3.63, 3.8) is 0 Å². The highest BCUT2D eigenvalue weighted by Crippen LogP contribution is 2.19. The summed E-state index contributed by atoms with van der Waals surface area (Å²) in [5.41, 5.74) is 0.415. The first-order chi connectivity index (χ1) is 7.61. The number of methoxy groups -OCH3 is 1. The van der Waals surface area contributed by atoms with Crippen LogP contribution in [0.5, 0.6) is 5.75 Å². The Morgan fingerprint density at radius 2 is 2.25 bits per heavy atom. The Morgan fingerprint density at radius 1 is 1.50 bits per heavy atom. The number of ether oxygens (including phenoxy) is 1. The summed E-state index contributed by atoms with van der Waals surface area (Å²) in [4.78, 5) is 18.7. The molecule has 0 aliphatic carbocycles. The first-order valence-electron chi connectivity index (χ1n) is 4.84.